The molecule has 2 aromatic rings. The van der Waals surface area contributed by atoms with Gasteiger partial charge in [0, 0.05) is 16.0 Å². The van der Waals surface area contributed by atoms with Crippen molar-refractivity contribution in [2.24, 2.45) is 0 Å². The average molecular weight is 276 g/mol. The molecule has 0 aliphatic rings. The molecule has 98 valence electrons. The minimum atomic E-state index is -0.975. The van der Waals surface area contributed by atoms with E-state index in [-0.39, 0.29) is 12.0 Å². The molecule has 0 saturated heterocycles. The van der Waals surface area contributed by atoms with Gasteiger partial charge in [-0.2, -0.15) is 0 Å². The number of carboxylic acids is 2. The number of hydrogen-bond donors (Lipinski definition) is 2. The summed E-state index contributed by atoms with van der Waals surface area (Å²) in [6.45, 7) is 0. The van der Waals surface area contributed by atoms with E-state index in [0.29, 0.717) is 11.1 Å². The fourth-order valence-corrected chi connectivity index (χ4v) is 2.90. The van der Waals surface area contributed by atoms with Gasteiger partial charge in [-0.3, -0.25) is 4.79 Å². The summed E-state index contributed by atoms with van der Waals surface area (Å²) in [5.41, 5.74) is 0.246. The van der Waals surface area contributed by atoms with Crippen molar-refractivity contribution in [2.75, 3.05) is 5.75 Å². The quantitative estimate of drug-likeness (QED) is 0.821. The number of hydrogen-bond acceptors (Lipinski definition) is 3. The highest BCUT2D eigenvalue weighted by molar-refractivity contribution is 7.99. The first kappa shape index (κ1) is 13.4. The summed E-state index contributed by atoms with van der Waals surface area (Å²) in [6, 6.07) is 10.6. The summed E-state index contributed by atoms with van der Waals surface area (Å²) in [5, 5.41) is 19.4. The van der Waals surface area contributed by atoms with E-state index >= 15 is 0 Å². The lowest BCUT2D eigenvalue weighted by atomic mass is 10.0. The zero-order valence-corrected chi connectivity index (χ0v) is 10.8. The third-order valence-electron chi connectivity index (χ3n) is 2.67. The molecule has 4 nitrogen and oxygen atoms in total. The van der Waals surface area contributed by atoms with Crippen molar-refractivity contribution in [3.05, 3.63) is 42.0 Å². The van der Waals surface area contributed by atoms with Crippen molar-refractivity contribution < 1.29 is 19.8 Å². The molecular weight excluding hydrogens is 264 g/mol. The maximum absolute atomic E-state index is 11.2. The van der Waals surface area contributed by atoms with Crippen LogP contribution in [-0.4, -0.2) is 27.9 Å². The summed E-state index contributed by atoms with van der Waals surface area (Å²) < 4.78 is 0. The topological polar surface area (TPSA) is 74.6 Å². The third kappa shape index (κ3) is 3.06. The van der Waals surface area contributed by atoms with Crippen molar-refractivity contribution in [3.63, 3.8) is 0 Å². The molecule has 0 saturated carbocycles. The molecule has 19 heavy (non-hydrogen) atoms. The molecule has 5 heteroatoms. The van der Waals surface area contributed by atoms with E-state index in [0.717, 1.165) is 10.3 Å². The standard InChI is InChI=1S/C14H12O4S/c15-12(16)7-8-19-11-6-2-4-9-3-1-5-10(13(9)11)14(17)18/h1-6H,7-8H2,(H,15,16)(H,17,18). The van der Waals surface area contributed by atoms with Gasteiger partial charge in [0.05, 0.1) is 12.0 Å². The Morgan fingerprint density at radius 2 is 1.74 bits per heavy atom. The molecule has 0 aromatic heterocycles. The van der Waals surface area contributed by atoms with E-state index in [1.807, 2.05) is 24.3 Å². The maximum Gasteiger partial charge on any atom is 0.336 e. The van der Waals surface area contributed by atoms with Crippen LogP contribution in [0.4, 0.5) is 0 Å². The lowest BCUT2D eigenvalue weighted by Crippen LogP contribution is -1.99. The minimum Gasteiger partial charge on any atom is -0.481 e. The maximum atomic E-state index is 11.2. The first-order valence-corrected chi connectivity index (χ1v) is 6.68. The van der Waals surface area contributed by atoms with Gasteiger partial charge in [-0.1, -0.05) is 24.3 Å². The van der Waals surface area contributed by atoms with Gasteiger partial charge in [0.25, 0.3) is 0 Å². The van der Waals surface area contributed by atoms with E-state index < -0.39 is 11.9 Å². The van der Waals surface area contributed by atoms with Crippen molar-refractivity contribution in [3.8, 4) is 0 Å². The van der Waals surface area contributed by atoms with E-state index in [1.54, 1.807) is 12.1 Å². The van der Waals surface area contributed by atoms with Gasteiger partial charge in [-0.05, 0) is 17.5 Å². The van der Waals surface area contributed by atoms with Crippen molar-refractivity contribution in [2.45, 2.75) is 11.3 Å². The Balaban J connectivity index is 2.42. The highest BCUT2D eigenvalue weighted by Gasteiger charge is 2.12. The van der Waals surface area contributed by atoms with Gasteiger partial charge in [-0.25, -0.2) is 4.79 Å². The lowest BCUT2D eigenvalue weighted by molar-refractivity contribution is -0.136. The number of carbonyl (C=O) groups is 2. The van der Waals surface area contributed by atoms with Crippen LogP contribution in [0.3, 0.4) is 0 Å². The van der Waals surface area contributed by atoms with Gasteiger partial charge < -0.3 is 10.2 Å². The van der Waals surface area contributed by atoms with Crippen LogP contribution in [0.2, 0.25) is 0 Å². The summed E-state index contributed by atoms with van der Waals surface area (Å²) in [6.07, 6.45) is 0.0519. The highest BCUT2D eigenvalue weighted by atomic mass is 32.2. The summed E-state index contributed by atoms with van der Waals surface area (Å²) in [4.78, 5) is 22.6. The molecule has 0 heterocycles. The van der Waals surface area contributed by atoms with E-state index in [4.69, 9.17) is 5.11 Å². The molecule has 0 unspecified atom stereocenters. The van der Waals surface area contributed by atoms with Crippen LogP contribution in [-0.2, 0) is 4.79 Å². The van der Waals surface area contributed by atoms with Crippen LogP contribution in [0.1, 0.15) is 16.8 Å². The second-order valence-electron chi connectivity index (χ2n) is 3.96. The van der Waals surface area contributed by atoms with Crippen LogP contribution < -0.4 is 0 Å². The smallest absolute Gasteiger partial charge is 0.336 e. The number of fused-ring (bicyclic) bond motifs is 1. The molecular formula is C14H12O4S. The predicted molar refractivity (Wildman–Crippen MR) is 73.9 cm³/mol. The Bertz CT molecular complexity index is 631. The molecule has 0 bridgehead atoms. The fraction of sp³-hybridized carbons (Fsp3) is 0.143. The molecule has 2 aromatic carbocycles. The monoisotopic (exact) mass is 276 g/mol. The van der Waals surface area contributed by atoms with E-state index in [2.05, 4.69) is 0 Å². The Hall–Kier alpha value is -2.01. The number of rotatable bonds is 5. The number of aromatic carboxylic acids is 1. The molecule has 0 spiro atoms. The van der Waals surface area contributed by atoms with E-state index in [1.165, 1.54) is 11.8 Å². The Kier molecular flexibility index (Phi) is 4.06. The second-order valence-corrected chi connectivity index (χ2v) is 5.09. The van der Waals surface area contributed by atoms with Gasteiger partial charge in [0.2, 0.25) is 0 Å². The fourth-order valence-electron chi connectivity index (χ4n) is 1.85. The van der Waals surface area contributed by atoms with Crippen LogP contribution >= 0.6 is 11.8 Å². The van der Waals surface area contributed by atoms with Gasteiger partial charge in [0.15, 0.2) is 0 Å². The predicted octanol–water partition coefficient (Wildman–Crippen LogP) is 3.10. The van der Waals surface area contributed by atoms with Crippen molar-refractivity contribution in [1.29, 1.82) is 0 Å². The molecule has 0 fully saturated rings. The Labute approximate surface area is 114 Å². The van der Waals surface area contributed by atoms with Crippen LogP contribution in [0.15, 0.2) is 41.3 Å². The van der Waals surface area contributed by atoms with E-state index in [9.17, 15) is 14.7 Å². The molecule has 0 amide bonds. The molecule has 0 radical (unpaired) electrons. The second kappa shape index (κ2) is 5.75. The van der Waals surface area contributed by atoms with Crippen LogP contribution in [0, 0.1) is 0 Å². The largest absolute Gasteiger partial charge is 0.481 e. The van der Waals surface area contributed by atoms with Gasteiger partial charge >= 0.3 is 11.9 Å². The van der Waals surface area contributed by atoms with Crippen molar-refractivity contribution >= 4 is 34.5 Å². The van der Waals surface area contributed by atoms with Crippen LogP contribution in [0.25, 0.3) is 10.8 Å². The third-order valence-corrected chi connectivity index (χ3v) is 3.73. The Morgan fingerprint density at radius 1 is 1.05 bits per heavy atom. The SMILES string of the molecule is O=C(O)CCSc1cccc2cccc(C(=O)O)c12. The summed E-state index contributed by atoms with van der Waals surface area (Å²) in [7, 11) is 0. The summed E-state index contributed by atoms with van der Waals surface area (Å²) in [5.74, 6) is -1.41. The first-order chi connectivity index (χ1) is 9.09. The van der Waals surface area contributed by atoms with Gasteiger partial charge in [-0.15, -0.1) is 11.8 Å². The molecule has 2 N–H and O–H groups in total. The zero-order chi connectivity index (χ0) is 13.8. The first-order valence-electron chi connectivity index (χ1n) is 5.69. The van der Waals surface area contributed by atoms with Crippen molar-refractivity contribution in [1.82, 2.24) is 0 Å². The molecule has 0 aliphatic carbocycles. The number of aliphatic carboxylic acids is 1. The zero-order valence-electron chi connectivity index (χ0n) is 10.00. The molecule has 2 rings (SSSR count). The number of carboxylic acid groups (broad SMARTS) is 2. The van der Waals surface area contributed by atoms with Crippen LogP contribution in [0.5, 0.6) is 0 Å². The molecule has 0 aliphatic heterocycles. The lowest BCUT2D eigenvalue weighted by Gasteiger charge is -2.08. The number of benzene rings is 2. The molecule has 0 atom stereocenters. The average Bonchev–Trinajstić information content (AvgIpc) is 2.37. The highest BCUT2D eigenvalue weighted by Crippen LogP contribution is 2.31. The Morgan fingerprint density at radius 3 is 2.37 bits per heavy atom. The minimum absolute atomic E-state index is 0.0519. The van der Waals surface area contributed by atoms with Gasteiger partial charge in [0.1, 0.15) is 0 Å². The number of thioether (sulfide) groups is 1. The summed E-state index contributed by atoms with van der Waals surface area (Å²) >= 11 is 1.37. The normalized spacial score (nSPS) is 10.5.